The number of nitrogens with zero attached hydrogens (tertiary/aromatic N) is 1. The van der Waals surface area contributed by atoms with Gasteiger partial charge in [0.25, 0.3) is 0 Å². The third-order valence-corrected chi connectivity index (χ3v) is 3.65. The number of H-pyrrole nitrogens is 1. The van der Waals surface area contributed by atoms with Crippen molar-refractivity contribution in [2.24, 2.45) is 0 Å². The van der Waals surface area contributed by atoms with Gasteiger partial charge in [0.1, 0.15) is 11.6 Å². The monoisotopic (exact) mass is 334 g/mol. The molecule has 3 rings (SSSR count). The molecule has 3 nitrogen and oxygen atoms in total. The predicted molar refractivity (Wildman–Crippen MR) is 79.6 cm³/mol. The maximum atomic E-state index is 14.4. The first kappa shape index (κ1) is 15.1. The summed E-state index contributed by atoms with van der Waals surface area (Å²) in [6.45, 7) is 0. The lowest BCUT2D eigenvalue weighted by Crippen LogP contribution is -2.13. The van der Waals surface area contributed by atoms with Gasteiger partial charge in [0.05, 0.1) is 33.3 Å². The maximum absolute atomic E-state index is 14.4. The van der Waals surface area contributed by atoms with Gasteiger partial charge in [0.2, 0.25) is 5.43 Å². The third kappa shape index (κ3) is 2.45. The van der Waals surface area contributed by atoms with Crippen LogP contribution in [0.4, 0.5) is 13.2 Å². The first-order valence-electron chi connectivity index (χ1n) is 6.33. The molecule has 3 aromatic rings. The molecule has 0 bridgehead atoms. The molecule has 0 amide bonds. The molecule has 23 heavy (non-hydrogen) atoms. The molecule has 1 aromatic heterocycles. The zero-order valence-corrected chi connectivity index (χ0v) is 12.0. The zero-order chi connectivity index (χ0) is 16.7. The van der Waals surface area contributed by atoms with Gasteiger partial charge < -0.3 is 4.98 Å². The van der Waals surface area contributed by atoms with E-state index >= 15 is 0 Å². The first-order chi connectivity index (χ1) is 10.9. The topological polar surface area (TPSA) is 56.6 Å². The number of fused-ring (bicyclic) bond motifs is 1. The Labute approximate surface area is 132 Å². The van der Waals surface area contributed by atoms with Crippen LogP contribution in [0.2, 0.25) is 5.02 Å². The SMILES string of the molecule is N#Cc1ccc(Cl)c(-c2[nH]c3cc(F)cc(F)c3c(=O)c2F)c1. The molecule has 0 unspecified atom stereocenters. The Balaban J connectivity index is 2.43. The van der Waals surface area contributed by atoms with Gasteiger partial charge in [0, 0.05) is 11.6 Å². The number of hydrogen-bond donors (Lipinski definition) is 1. The number of nitriles is 1. The van der Waals surface area contributed by atoms with Gasteiger partial charge in [-0.1, -0.05) is 11.6 Å². The van der Waals surface area contributed by atoms with E-state index in [1.807, 2.05) is 6.07 Å². The standard InChI is InChI=1S/C16H6ClF3N2O/c17-10-2-1-7(6-21)3-9(10)15-14(20)16(23)13-11(19)4-8(18)5-12(13)22-15/h1-5H,(H,22,23). The van der Waals surface area contributed by atoms with Gasteiger partial charge in [-0.05, 0) is 24.3 Å². The van der Waals surface area contributed by atoms with E-state index < -0.39 is 28.3 Å². The van der Waals surface area contributed by atoms with Gasteiger partial charge in [-0.3, -0.25) is 4.79 Å². The fraction of sp³-hybridized carbons (Fsp3) is 0. The Kier molecular flexibility index (Phi) is 3.58. The molecule has 7 heteroatoms. The van der Waals surface area contributed by atoms with Crippen LogP contribution in [-0.2, 0) is 0 Å². The largest absolute Gasteiger partial charge is 0.352 e. The summed E-state index contributed by atoms with van der Waals surface area (Å²) < 4.78 is 41.4. The third-order valence-electron chi connectivity index (χ3n) is 3.33. The lowest BCUT2D eigenvalue weighted by molar-refractivity contribution is 0.586. The second kappa shape index (κ2) is 5.45. The van der Waals surface area contributed by atoms with Crippen molar-refractivity contribution in [3.05, 3.63) is 68.6 Å². The number of aromatic amines is 1. The lowest BCUT2D eigenvalue weighted by Gasteiger charge is -2.09. The molecule has 114 valence electrons. The van der Waals surface area contributed by atoms with Crippen LogP contribution in [0.3, 0.4) is 0 Å². The normalized spacial score (nSPS) is 10.7. The molecule has 0 atom stereocenters. The van der Waals surface area contributed by atoms with Gasteiger partial charge in [0.15, 0.2) is 5.82 Å². The quantitative estimate of drug-likeness (QED) is 0.727. The minimum atomic E-state index is -1.26. The second-order valence-corrected chi connectivity index (χ2v) is 5.17. The summed E-state index contributed by atoms with van der Waals surface area (Å²) in [6, 6.07) is 7.30. The summed E-state index contributed by atoms with van der Waals surface area (Å²) in [4.78, 5) is 14.5. The van der Waals surface area contributed by atoms with Crippen molar-refractivity contribution >= 4 is 22.5 Å². The highest BCUT2D eigenvalue weighted by Gasteiger charge is 2.19. The van der Waals surface area contributed by atoms with Gasteiger partial charge >= 0.3 is 0 Å². The molecule has 0 saturated heterocycles. The van der Waals surface area contributed by atoms with Crippen LogP contribution in [0, 0.1) is 28.8 Å². The van der Waals surface area contributed by atoms with Crippen molar-refractivity contribution in [1.82, 2.24) is 4.98 Å². The Morgan fingerprint density at radius 1 is 1.13 bits per heavy atom. The van der Waals surface area contributed by atoms with E-state index in [9.17, 15) is 18.0 Å². The lowest BCUT2D eigenvalue weighted by atomic mass is 10.1. The first-order valence-corrected chi connectivity index (χ1v) is 6.70. The smallest absolute Gasteiger partial charge is 0.228 e. The summed E-state index contributed by atoms with van der Waals surface area (Å²) in [5.41, 5.74) is -1.52. The van der Waals surface area contributed by atoms with Crippen LogP contribution in [0.25, 0.3) is 22.2 Å². The van der Waals surface area contributed by atoms with Crippen LogP contribution in [0.5, 0.6) is 0 Å². The summed E-state index contributed by atoms with van der Waals surface area (Å²) in [6.07, 6.45) is 0. The number of rotatable bonds is 1. The van der Waals surface area contributed by atoms with E-state index in [1.165, 1.54) is 18.2 Å². The number of aromatic nitrogens is 1. The number of hydrogen-bond acceptors (Lipinski definition) is 2. The minimum absolute atomic E-state index is 0.0480. The van der Waals surface area contributed by atoms with E-state index in [0.29, 0.717) is 6.07 Å². The van der Waals surface area contributed by atoms with E-state index in [-0.39, 0.29) is 27.4 Å². The van der Waals surface area contributed by atoms with Crippen LogP contribution in [0.15, 0.2) is 35.1 Å². The summed E-state index contributed by atoms with van der Waals surface area (Å²) in [5, 5.41) is 8.41. The highest BCUT2D eigenvalue weighted by Crippen LogP contribution is 2.30. The van der Waals surface area contributed by atoms with Gasteiger partial charge in [-0.25, -0.2) is 13.2 Å². The highest BCUT2D eigenvalue weighted by atomic mass is 35.5. The van der Waals surface area contributed by atoms with E-state index in [0.717, 1.165) is 6.07 Å². The Hall–Kier alpha value is -2.78. The molecule has 0 radical (unpaired) electrons. The molecule has 0 aliphatic rings. The fourth-order valence-electron chi connectivity index (χ4n) is 2.29. The second-order valence-electron chi connectivity index (χ2n) is 4.76. The molecule has 1 N–H and O–H groups in total. The highest BCUT2D eigenvalue weighted by molar-refractivity contribution is 6.33. The van der Waals surface area contributed by atoms with E-state index in [1.54, 1.807) is 0 Å². The zero-order valence-electron chi connectivity index (χ0n) is 11.3. The van der Waals surface area contributed by atoms with Crippen LogP contribution >= 0.6 is 11.6 Å². The van der Waals surface area contributed by atoms with Crippen LogP contribution in [0.1, 0.15) is 5.56 Å². The molecular formula is C16H6ClF3N2O. The average Bonchev–Trinajstić information content (AvgIpc) is 2.51. The minimum Gasteiger partial charge on any atom is -0.352 e. The van der Waals surface area contributed by atoms with Gasteiger partial charge in [-0.15, -0.1) is 0 Å². The molecule has 0 fully saturated rings. The Morgan fingerprint density at radius 3 is 2.57 bits per heavy atom. The summed E-state index contributed by atoms with van der Waals surface area (Å²) >= 11 is 5.98. The number of pyridine rings is 1. The summed E-state index contributed by atoms with van der Waals surface area (Å²) in [7, 11) is 0. The Bertz CT molecular complexity index is 1050. The van der Waals surface area contributed by atoms with E-state index in [2.05, 4.69) is 4.98 Å². The Morgan fingerprint density at radius 2 is 1.87 bits per heavy atom. The predicted octanol–water partition coefficient (Wildman–Crippen LogP) is 4.14. The fourth-order valence-corrected chi connectivity index (χ4v) is 2.50. The number of halogens is 4. The number of benzene rings is 2. The van der Waals surface area contributed by atoms with Crippen molar-refractivity contribution in [1.29, 1.82) is 5.26 Å². The summed E-state index contributed by atoms with van der Waals surface area (Å²) in [5.74, 6) is -3.34. The molecule has 0 spiro atoms. The van der Waals surface area contributed by atoms with Crippen molar-refractivity contribution in [3.8, 4) is 17.3 Å². The van der Waals surface area contributed by atoms with Crippen molar-refractivity contribution in [2.45, 2.75) is 0 Å². The number of nitrogens with one attached hydrogen (secondary N) is 1. The molecule has 0 saturated carbocycles. The van der Waals surface area contributed by atoms with Crippen molar-refractivity contribution in [3.63, 3.8) is 0 Å². The molecule has 2 aromatic carbocycles. The van der Waals surface area contributed by atoms with Crippen molar-refractivity contribution in [2.75, 3.05) is 0 Å². The average molecular weight is 335 g/mol. The van der Waals surface area contributed by atoms with Crippen molar-refractivity contribution < 1.29 is 13.2 Å². The molecule has 0 aliphatic heterocycles. The van der Waals surface area contributed by atoms with Crippen LogP contribution < -0.4 is 5.43 Å². The molecule has 1 heterocycles. The van der Waals surface area contributed by atoms with Gasteiger partial charge in [-0.2, -0.15) is 5.26 Å². The molecular weight excluding hydrogens is 329 g/mol. The maximum Gasteiger partial charge on any atom is 0.228 e. The molecule has 0 aliphatic carbocycles. The van der Waals surface area contributed by atoms with E-state index in [4.69, 9.17) is 16.9 Å². The van der Waals surface area contributed by atoms with Crippen LogP contribution in [-0.4, -0.2) is 4.98 Å².